The average molecular weight is 454 g/mol. The van der Waals surface area contributed by atoms with Gasteiger partial charge in [0.25, 0.3) is 5.91 Å². The van der Waals surface area contributed by atoms with Crippen LogP contribution in [0.2, 0.25) is 5.02 Å². The lowest BCUT2D eigenvalue weighted by molar-refractivity contribution is -0.155. The lowest BCUT2D eigenvalue weighted by atomic mass is 9.92. The van der Waals surface area contributed by atoms with Gasteiger partial charge in [0, 0.05) is 18.7 Å². The van der Waals surface area contributed by atoms with E-state index in [1.165, 1.54) is 28.1 Å². The zero-order valence-electron chi connectivity index (χ0n) is 16.5. The zero-order chi connectivity index (χ0) is 22.3. The second kappa shape index (κ2) is 8.12. The van der Waals surface area contributed by atoms with Crippen LogP contribution in [0.1, 0.15) is 16.7 Å². The van der Waals surface area contributed by atoms with Crippen LogP contribution >= 0.6 is 11.6 Å². The van der Waals surface area contributed by atoms with E-state index in [0.717, 1.165) is 12.1 Å². The van der Waals surface area contributed by atoms with Crippen molar-refractivity contribution < 1.29 is 27.5 Å². The van der Waals surface area contributed by atoms with Crippen molar-refractivity contribution in [1.29, 1.82) is 0 Å². The lowest BCUT2D eigenvalue weighted by Crippen LogP contribution is -2.65. The molecule has 2 fully saturated rings. The molecule has 0 spiro atoms. The summed E-state index contributed by atoms with van der Waals surface area (Å²) in [4.78, 5) is 33.4. The van der Waals surface area contributed by atoms with Crippen LogP contribution in [0.15, 0.2) is 36.5 Å². The number of pyridine rings is 1. The monoisotopic (exact) mass is 453 g/mol. The lowest BCUT2D eigenvalue weighted by Gasteiger charge is -2.45. The van der Waals surface area contributed by atoms with Gasteiger partial charge in [-0.25, -0.2) is 4.98 Å². The van der Waals surface area contributed by atoms with Crippen molar-refractivity contribution >= 4 is 29.2 Å². The predicted molar refractivity (Wildman–Crippen MR) is 106 cm³/mol. The number of amides is 2. The maximum atomic E-state index is 13.4. The second-order valence-electron chi connectivity index (χ2n) is 7.68. The van der Waals surface area contributed by atoms with Gasteiger partial charge in [0.1, 0.15) is 18.4 Å². The molecule has 0 radical (unpaired) electrons. The van der Waals surface area contributed by atoms with Gasteiger partial charge in [0.15, 0.2) is 0 Å². The molecule has 6 nitrogen and oxygen atoms in total. The molecule has 0 aliphatic carbocycles. The van der Waals surface area contributed by atoms with Gasteiger partial charge in [0.2, 0.25) is 5.91 Å². The number of halogens is 4. The first-order valence-electron chi connectivity index (χ1n) is 9.62. The third-order valence-corrected chi connectivity index (χ3v) is 5.69. The summed E-state index contributed by atoms with van der Waals surface area (Å²) in [6.07, 6.45) is -3.02. The Labute approximate surface area is 181 Å². The minimum absolute atomic E-state index is 0.0325. The van der Waals surface area contributed by atoms with Gasteiger partial charge < -0.3 is 9.64 Å². The molecule has 0 bridgehead atoms. The van der Waals surface area contributed by atoms with E-state index in [9.17, 15) is 22.8 Å². The number of piperazine rings is 1. The molecule has 4 rings (SSSR count). The highest BCUT2D eigenvalue weighted by atomic mass is 35.5. The Kier molecular flexibility index (Phi) is 5.65. The van der Waals surface area contributed by atoms with E-state index < -0.39 is 17.8 Å². The van der Waals surface area contributed by atoms with Gasteiger partial charge >= 0.3 is 6.18 Å². The van der Waals surface area contributed by atoms with E-state index in [4.69, 9.17) is 16.3 Å². The van der Waals surface area contributed by atoms with Crippen LogP contribution in [-0.2, 0) is 27.0 Å². The van der Waals surface area contributed by atoms with Gasteiger partial charge in [-0.05, 0) is 36.2 Å². The van der Waals surface area contributed by atoms with E-state index >= 15 is 0 Å². The molecule has 1 unspecified atom stereocenters. The highest BCUT2D eigenvalue weighted by Gasteiger charge is 2.47. The molecule has 2 aliphatic rings. The molecule has 1 atom stereocenters. The Bertz CT molecular complexity index is 1010. The summed E-state index contributed by atoms with van der Waals surface area (Å²) < 4.78 is 43.7. The standard InChI is InChI=1S/C21H19ClF3N3O3/c1-12-6-16(22)7-26-19(12)28-9-17(29)27(18(20(28)30)14-10-31-11-14)8-13-2-4-15(5-3-13)21(23,24)25/h2-7,14,18H,8-11H2,1H3. The summed E-state index contributed by atoms with van der Waals surface area (Å²) in [7, 11) is 0. The summed E-state index contributed by atoms with van der Waals surface area (Å²) in [6, 6.07) is 5.48. The van der Waals surface area contributed by atoms with Gasteiger partial charge in [0.05, 0.1) is 23.8 Å². The summed E-state index contributed by atoms with van der Waals surface area (Å²) in [5.74, 6) is -0.436. The zero-order valence-corrected chi connectivity index (χ0v) is 17.3. The molecule has 2 aliphatic heterocycles. The van der Waals surface area contributed by atoms with Crippen LogP contribution in [0.3, 0.4) is 0 Å². The molecule has 1 aromatic heterocycles. The summed E-state index contributed by atoms with van der Waals surface area (Å²) >= 11 is 5.96. The van der Waals surface area contributed by atoms with Crippen LogP contribution in [0.5, 0.6) is 0 Å². The molecule has 1 aromatic carbocycles. The Balaban J connectivity index is 1.61. The van der Waals surface area contributed by atoms with Crippen molar-refractivity contribution in [2.75, 3.05) is 24.7 Å². The van der Waals surface area contributed by atoms with Crippen molar-refractivity contribution in [3.8, 4) is 0 Å². The fraction of sp³-hybridized carbons (Fsp3) is 0.381. The van der Waals surface area contributed by atoms with E-state index in [1.807, 2.05) is 0 Å². The van der Waals surface area contributed by atoms with Crippen molar-refractivity contribution in [2.24, 2.45) is 5.92 Å². The number of hydrogen-bond acceptors (Lipinski definition) is 4. The molecular weight excluding hydrogens is 435 g/mol. The number of aromatic nitrogens is 1. The van der Waals surface area contributed by atoms with Gasteiger partial charge in [-0.15, -0.1) is 0 Å². The fourth-order valence-electron chi connectivity index (χ4n) is 3.82. The first kappa shape index (κ1) is 21.6. The van der Waals surface area contributed by atoms with Crippen LogP contribution < -0.4 is 4.90 Å². The maximum absolute atomic E-state index is 13.4. The number of aryl methyl sites for hydroxylation is 1. The second-order valence-corrected chi connectivity index (χ2v) is 8.11. The first-order chi connectivity index (χ1) is 14.6. The minimum atomic E-state index is -4.44. The van der Waals surface area contributed by atoms with Crippen molar-refractivity contribution in [2.45, 2.75) is 25.7 Å². The fourth-order valence-corrected chi connectivity index (χ4v) is 4.03. The first-order valence-corrected chi connectivity index (χ1v) is 10.00. The third kappa shape index (κ3) is 4.24. The SMILES string of the molecule is Cc1cc(Cl)cnc1N1CC(=O)N(Cc2ccc(C(F)(F)F)cc2)C(C2COC2)C1=O. The Morgan fingerprint density at radius 1 is 1.19 bits per heavy atom. The van der Waals surface area contributed by atoms with Crippen LogP contribution in [0.4, 0.5) is 19.0 Å². The highest BCUT2D eigenvalue weighted by Crippen LogP contribution is 2.32. The van der Waals surface area contributed by atoms with E-state index in [1.54, 1.807) is 13.0 Å². The number of carbonyl (C=O) groups excluding carboxylic acids is 2. The number of nitrogens with zero attached hydrogens (tertiary/aromatic N) is 3. The summed E-state index contributed by atoms with van der Waals surface area (Å²) in [5, 5.41) is 0.421. The summed E-state index contributed by atoms with van der Waals surface area (Å²) in [6.45, 7) is 2.23. The number of ether oxygens (including phenoxy) is 1. The number of hydrogen-bond donors (Lipinski definition) is 0. The van der Waals surface area contributed by atoms with Gasteiger partial charge in [-0.3, -0.25) is 14.5 Å². The van der Waals surface area contributed by atoms with E-state index in [0.29, 0.717) is 35.2 Å². The van der Waals surface area contributed by atoms with E-state index in [-0.39, 0.29) is 30.8 Å². The van der Waals surface area contributed by atoms with Crippen LogP contribution in [0, 0.1) is 12.8 Å². The molecule has 10 heteroatoms. The smallest absolute Gasteiger partial charge is 0.380 e. The van der Waals surface area contributed by atoms with Gasteiger partial charge in [-0.1, -0.05) is 23.7 Å². The number of anilines is 1. The molecule has 0 N–H and O–H groups in total. The van der Waals surface area contributed by atoms with Crippen LogP contribution in [0.25, 0.3) is 0 Å². The quantitative estimate of drug-likeness (QED) is 0.711. The maximum Gasteiger partial charge on any atom is 0.416 e. The third-order valence-electron chi connectivity index (χ3n) is 5.49. The molecule has 0 saturated carbocycles. The molecule has 164 valence electrons. The Morgan fingerprint density at radius 3 is 2.42 bits per heavy atom. The molecule has 2 amide bonds. The number of rotatable bonds is 4. The number of benzene rings is 1. The van der Waals surface area contributed by atoms with Gasteiger partial charge in [-0.2, -0.15) is 13.2 Å². The number of carbonyl (C=O) groups is 2. The molecule has 31 heavy (non-hydrogen) atoms. The Hall–Kier alpha value is -2.65. The van der Waals surface area contributed by atoms with E-state index in [2.05, 4.69) is 4.98 Å². The molecule has 3 heterocycles. The Morgan fingerprint density at radius 2 is 1.87 bits per heavy atom. The highest BCUT2D eigenvalue weighted by molar-refractivity contribution is 6.30. The average Bonchev–Trinajstić information content (AvgIpc) is 2.66. The largest absolute Gasteiger partial charge is 0.416 e. The molecule has 2 saturated heterocycles. The normalized spacial score (nSPS) is 20.2. The van der Waals surface area contributed by atoms with Crippen molar-refractivity contribution in [1.82, 2.24) is 9.88 Å². The van der Waals surface area contributed by atoms with Crippen LogP contribution in [-0.4, -0.2) is 47.5 Å². The molecular formula is C21H19ClF3N3O3. The molecule has 2 aromatic rings. The van der Waals surface area contributed by atoms with Crippen molar-refractivity contribution in [3.63, 3.8) is 0 Å². The van der Waals surface area contributed by atoms with Crippen molar-refractivity contribution in [3.05, 3.63) is 58.2 Å². The predicted octanol–water partition coefficient (Wildman–Crippen LogP) is 3.45. The summed E-state index contributed by atoms with van der Waals surface area (Å²) in [5.41, 5.74) is 0.402. The topological polar surface area (TPSA) is 62.7 Å². The number of alkyl halides is 3. The minimum Gasteiger partial charge on any atom is -0.380 e.